The normalized spacial score (nSPS) is 18.1. The Kier molecular flexibility index (Phi) is 5.23. The fraction of sp³-hybridized carbons (Fsp3) is 0.333. The molecule has 1 aliphatic rings. The summed E-state index contributed by atoms with van der Waals surface area (Å²) >= 11 is 0. The Labute approximate surface area is 170 Å². The molecule has 0 bridgehead atoms. The van der Waals surface area contributed by atoms with Gasteiger partial charge in [-0.05, 0) is 55.2 Å². The summed E-state index contributed by atoms with van der Waals surface area (Å²) in [5, 5.41) is 0.0739. The number of hydrogen-bond donors (Lipinski definition) is 0. The molecule has 0 aliphatic carbocycles. The molecule has 152 valence electrons. The smallest absolute Gasteiger partial charge is 0.262 e. The van der Waals surface area contributed by atoms with E-state index in [4.69, 9.17) is 0 Å². The van der Waals surface area contributed by atoms with Crippen molar-refractivity contribution in [3.63, 3.8) is 0 Å². The number of rotatable bonds is 4. The van der Waals surface area contributed by atoms with Crippen molar-refractivity contribution in [3.05, 3.63) is 66.1 Å². The molecule has 1 unspecified atom stereocenters. The maximum absolute atomic E-state index is 13.3. The van der Waals surface area contributed by atoms with Crippen LogP contribution < -0.4 is 0 Å². The van der Waals surface area contributed by atoms with Gasteiger partial charge < -0.3 is 4.57 Å². The van der Waals surface area contributed by atoms with E-state index in [2.05, 4.69) is 9.97 Å². The molecular weight excluding hydrogens is 391 g/mol. The summed E-state index contributed by atoms with van der Waals surface area (Å²) in [7, 11) is -1.88. The van der Waals surface area contributed by atoms with Crippen LogP contribution in [0, 0.1) is 12.7 Å². The minimum atomic E-state index is -3.63. The number of imidazole rings is 1. The van der Waals surface area contributed by atoms with E-state index in [1.165, 1.54) is 29.0 Å². The molecule has 1 fully saturated rings. The number of aryl methyl sites for hydroxylation is 2. The Morgan fingerprint density at radius 2 is 1.90 bits per heavy atom. The topological polar surface area (TPSA) is 68.1 Å². The van der Waals surface area contributed by atoms with Crippen LogP contribution >= 0.6 is 0 Å². The van der Waals surface area contributed by atoms with Crippen LogP contribution in [0.4, 0.5) is 4.39 Å². The minimum Gasteiger partial charge on any atom is -0.339 e. The zero-order valence-corrected chi connectivity index (χ0v) is 17.2. The second kappa shape index (κ2) is 7.68. The maximum Gasteiger partial charge on any atom is 0.262 e. The number of pyridine rings is 1. The molecule has 6 nitrogen and oxygen atoms in total. The first kappa shape index (κ1) is 19.7. The third kappa shape index (κ3) is 4.09. The fourth-order valence-electron chi connectivity index (χ4n) is 3.77. The molecule has 1 saturated heterocycles. The summed E-state index contributed by atoms with van der Waals surface area (Å²) in [5.74, 6) is -0.274. The first-order valence-electron chi connectivity index (χ1n) is 9.55. The van der Waals surface area contributed by atoms with Crippen molar-refractivity contribution in [1.29, 1.82) is 0 Å². The molecule has 0 spiro atoms. The summed E-state index contributed by atoms with van der Waals surface area (Å²) in [6, 6.07) is 10.3. The first-order valence-corrected chi connectivity index (χ1v) is 11.0. The molecule has 3 aromatic rings. The number of benzene rings is 1. The average Bonchev–Trinajstić information content (AvgIpc) is 3.15. The highest BCUT2D eigenvalue weighted by atomic mass is 32.2. The molecule has 0 saturated carbocycles. The Balaban J connectivity index is 1.62. The molecule has 29 heavy (non-hydrogen) atoms. The zero-order valence-electron chi connectivity index (χ0n) is 16.4. The molecule has 0 N–H and O–H groups in total. The summed E-state index contributed by atoms with van der Waals surface area (Å²) in [4.78, 5) is 8.70. The fourth-order valence-corrected chi connectivity index (χ4v) is 5.26. The number of piperidine rings is 1. The van der Waals surface area contributed by atoms with Gasteiger partial charge in [-0.3, -0.25) is 4.98 Å². The van der Waals surface area contributed by atoms with Gasteiger partial charge >= 0.3 is 0 Å². The van der Waals surface area contributed by atoms with Gasteiger partial charge in [0.2, 0.25) is 0 Å². The van der Waals surface area contributed by atoms with E-state index in [0.29, 0.717) is 13.1 Å². The Hall–Kier alpha value is -2.58. The molecule has 4 rings (SSSR count). The zero-order chi connectivity index (χ0) is 20.6. The molecule has 8 heteroatoms. The quantitative estimate of drug-likeness (QED) is 0.655. The van der Waals surface area contributed by atoms with Crippen molar-refractivity contribution in [3.8, 4) is 11.1 Å². The SMILES string of the molecule is Cc1cc(-c2ccc(F)cc2)cc(C2CCCN(S(=O)(=O)c3cn(C)cn3)C2)n1. The Morgan fingerprint density at radius 3 is 2.59 bits per heavy atom. The van der Waals surface area contributed by atoms with Crippen LogP contribution in [0.15, 0.2) is 53.9 Å². The lowest BCUT2D eigenvalue weighted by molar-refractivity contribution is 0.312. The molecule has 0 radical (unpaired) electrons. The lowest BCUT2D eigenvalue weighted by Crippen LogP contribution is -2.39. The van der Waals surface area contributed by atoms with E-state index in [-0.39, 0.29) is 16.8 Å². The van der Waals surface area contributed by atoms with Gasteiger partial charge in [0.25, 0.3) is 10.0 Å². The molecule has 1 atom stereocenters. The van der Waals surface area contributed by atoms with Crippen molar-refractivity contribution in [2.75, 3.05) is 13.1 Å². The van der Waals surface area contributed by atoms with Gasteiger partial charge in [-0.25, -0.2) is 17.8 Å². The van der Waals surface area contributed by atoms with Crippen molar-refractivity contribution >= 4 is 10.0 Å². The molecule has 3 heterocycles. The average molecular weight is 415 g/mol. The predicted octanol–water partition coefficient (Wildman–Crippen LogP) is 3.50. The number of halogens is 1. The van der Waals surface area contributed by atoms with Gasteiger partial charge in [0.1, 0.15) is 5.82 Å². The monoisotopic (exact) mass is 414 g/mol. The van der Waals surface area contributed by atoms with Crippen molar-refractivity contribution in [2.24, 2.45) is 7.05 Å². The summed E-state index contributed by atoms with van der Waals surface area (Å²) in [6.07, 6.45) is 4.65. The number of aromatic nitrogens is 3. The van der Waals surface area contributed by atoms with E-state index >= 15 is 0 Å². The highest BCUT2D eigenvalue weighted by molar-refractivity contribution is 7.89. The van der Waals surface area contributed by atoms with Crippen LogP contribution in [0.3, 0.4) is 0 Å². The standard InChI is InChI=1S/C21H23FN4O2S/c1-15-10-18(16-5-7-19(22)8-6-16)11-20(24-15)17-4-3-9-26(12-17)29(27,28)21-13-25(2)14-23-21/h5-8,10-11,13-14,17H,3-4,9,12H2,1-2H3. The van der Waals surface area contributed by atoms with Crippen molar-refractivity contribution < 1.29 is 12.8 Å². The van der Waals surface area contributed by atoms with E-state index in [1.807, 2.05) is 19.1 Å². The number of hydrogen-bond acceptors (Lipinski definition) is 4. The van der Waals surface area contributed by atoms with Crippen LogP contribution in [0.2, 0.25) is 0 Å². The summed E-state index contributed by atoms with van der Waals surface area (Å²) in [5.41, 5.74) is 3.58. The van der Waals surface area contributed by atoms with Crippen LogP contribution in [-0.2, 0) is 17.1 Å². The first-order chi connectivity index (χ1) is 13.8. The van der Waals surface area contributed by atoms with Crippen LogP contribution in [0.25, 0.3) is 11.1 Å². The predicted molar refractivity (Wildman–Crippen MR) is 108 cm³/mol. The lowest BCUT2D eigenvalue weighted by atomic mass is 9.93. The highest BCUT2D eigenvalue weighted by Crippen LogP contribution is 2.31. The molecular formula is C21H23FN4O2S. The molecule has 1 aromatic carbocycles. The van der Waals surface area contributed by atoms with Gasteiger partial charge in [-0.2, -0.15) is 4.31 Å². The van der Waals surface area contributed by atoms with E-state index in [0.717, 1.165) is 35.4 Å². The van der Waals surface area contributed by atoms with Gasteiger partial charge in [-0.1, -0.05) is 12.1 Å². The highest BCUT2D eigenvalue weighted by Gasteiger charge is 2.33. The maximum atomic E-state index is 13.3. The summed E-state index contributed by atoms with van der Waals surface area (Å²) in [6.45, 7) is 2.77. The van der Waals surface area contributed by atoms with Crippen LogP contribution in [0.1, 0.15) is 30.1 Å². The Bertz CT molecular complexity index is 1130. The van der Waals surface area contributed by atoms with Crippen molar-refractivity contribution in [1.82, 2.24) is 18.8 Å². The lowest BCUT2D eigenvalue weighted by Gasteiger charge is -2.31. The van der Waals surface area contributed by atoms with E-state index < -0.39 is 10.0 Å². The minimum absolute atomic E-state index is 0.00124. The van der Waals surface area contributed by atoms with Gasteiger partial charge in [0.05, 0.1) is 6.33 Å². The second-order valence-electron chi connectivity index (χ2n) is 7.51. The van der Waals surface area contributed by atoms with E-state index in [9.17, 15) is 12.8 Å². The molecule has 2 aromatic heterocycles. The largest absolute Gasteiger partial charge is 0.339 e. The van der Waals surface area contributed by atoms with Crippen LogP contribution in [-0.4, -0.2) is 40.3 Å². The third-order valence-electron chi connectivity index (χ3n) is 5.24. The molecule has 0 amide bonds. The van der Waals surface area contributed by atoms with Crippen LogP contribution in [0.5, 0.6) is 0 Å². The van der Waals surface area contributed by atoms with Gasteiger partial charge in [-0.15, -0.1) is 0 Å². The van der Waals surface area contributed by atoms with E-state index in [1.54, 1.807) is 23.7 Å². The number of nitrogens with zero attached hydrogens (tertiary/aromatic N) is 4. The summed E-state index contributed by atoms with van der Waals surface area (Å²) < 4.78 is 42.3. The number of sulfonamides is 1. The second-order valence-corrected chi connectivity index (χ2v) is 9.39. The Morgan fingerprint density at radius 1 is 1.14 bits per heavy atom. The van der Waals surface area contributed by atoms with Gasteiger partial charge in [0.15, 0.2) is 5.03 Å². The third-order valence-corrected chi connectivity index (χ3v) is 6.99. The van der Waals surface area contributed by atoms with Crippen molar-refractivity contribution in [2.45, 2.75) is 30.7 Å². The van der Waals surface area contributed by atoms with Gasteiger partial charge in [0, 0.05) is 43.6 Å². The molecule has 1 aliphatic heterocycles.